The number of aryl methyl sites for hydroxylation is 1. The number of H-pyrrole nitrogens is 1. The Morgan fingerprint density at radius 3 is 2.56 bits per heavy atom. The van der Waals surface area contributed by atoms with E-state index in [9.17, 15) is 5.11 Å². The summed E-state index contributed by atoms with van der Waals surface area (Å²) in [4.78, 5) is 4.77. The van der Waals surface area contributed by atoms with Gasteiger partial charge in [0, 0.05) is 23.9 Å². The highest BCUT2D eigenvalue weighted by molar-refractivity contribution is 5.87. The van der Waals surface area contributed by atoms with Gasteiger partial charge in [-0.05, 0) is 60.4 Å². The number of fused-ring (bicyclic) bond motifs is 1. The molecule has 2 aromatic carbocycles. The van der Waals surface area contributed by atoms with E-state index < -0.39 is 0 Å². The molecule has 1 aliphatic rings. The van der Waals surface area contributed by atoms with Crippen molar-refractivity contribution >= 4 is 0 Å². The van der Waals surface area contributed by atoms with Crippen LogP contribution in [0.3, 0.4) is 0 Å². The smallest absolute Gasteiger partial charge is 0.231 e. The molecule has 0 bridgehead atoms. The predicted molar refractivity (Wildman–Crippen MR) is 122 cm³/mol. The number of nitrogens with one attached hydrogen (secondary N) is 1. The zero-order valence-electron chi connectivity index (χ0n) is 18.7. The molecular formula is C24H23N5O5. The van der Waals surface area contributed by atoms with Crippen LogP contribution >= 0.6 is 0 Å². The molecule has 0 fully saturated rings. The Morgan fingerprint density at radius 2 is 1.82 bits per heavy atom. The van der Waals surface area contributed by atoms with Gasteiger partial charge in [-0.25, -0.2) is 4.98 Å². The number of hydrogen-bond donors (Lipinski definition) is 2. The van der Waals surface area contributed by atoms with Crippen molar-refractivity contribution in [2.75, 3.05) is 20.5 Å². The van der Waals surface area contributed by atoms with Crippen molar-refractivity contribution < 1.29 is 24.1 Å². The first-order valence-corrected chi connectivity index (χ1v) is 10.8. The Bertz CT molecular complexity index is 1290. The summed E-state index contributed by atoms with van der Waals surface area (Å²) in [5, 5.41) is 24.2. The summed E-state index contributed by atoms with van der Waals surface area (Å²) in [6.45, 7) is 2.16. The highest BCUT2D eigenvalue weighted by Gasteiger charge is 2.25. The van der Waals surface area contributed by atoms with Crippen LogP contribution in [-0.4, -0.2) is 51.2 Å². The fraction of sp³-hybridized carbons (Fsp3) is 0.250. The largest absolute Gasteiger partial charge is 0.497 e. The summed E-state index contributed by atoms with van der Waals surface area (Å²) in [5.74, 6) is 3.21. The minimum atomic E-state index is 0.0640. The van der Waals surface area contributed by atoms with Crippen molar-refractivity contribution in [3.05, 3.63) is 53.7 Å². The lowest BCUT2D eigenvalue weighted by atomic mass is 9.91. The van der Waals surface area contributed by atoms with Crippen LogP contribution in [0, 0.1) is 6.92 Å². The molecule has 0 amide bonds. The molecule has 0 atom stereocenters. The van der Waals surface area contributed by atoms with Gasteiger partial charge in [0.05, 0.1) is 12.7 Å². The standard InChI is InChI=1S/C24H23N5O5/c1-14-18(4-3-11-30)21(15-5-7-16(31-2)8-6-15)22(23-26-28-29-27-23)24(25-14)34-17-9-10-19-20(12-17)33-13-32-19/h5-10,12,30H,3-4,11,13H2,1-2H3,(H,26,27,28,29). The molecule has 0 aliphatic carbocycles. The molecule has 174 valence electrons. The number of aliphatic hydroxyl groups is 1. The summed E-state index contributed by atoms with van der Waals surface area (Å²) in [6.07, 6.45) is 1.20. The molecule has 3 heterocycles. The van der Waals surface area contributed by atoms with E-state index in [4.69, 9.17) is 23.9 Å². The van der Waals surface area contributed by atoms with Gasteiger partial charge in [-0.3, -0.25) is 0 Å². The van der Waals surface area contributed by atoms with Gasteiger partial charge in [-0.1, -0.05) is 12.1 Å². The minimum Gasteiger partial charge on any atom is -0.497 e. The SMILES string of the molecule is COc1ccc(-c2c(CCCO)c(C)nc(Oc3ccc4c(c3)OCO4)c2-c2nn[nH]n2)cc1. The van der Waals surface area contributed by atoms with E-state index in [2.05, 4.69) is 20.6 Å². The number of tetrazole rings is 1. The van der Waals surface area contributed by atoms with Crippen LogP contribution < -0.4 is 18.9 Å². The number of methoxy groups -OCH3 is 1. The molecule has 1 aliphatic heterocycles. The fourth-order valence-corrected chi connectivity index (χ4v) is 3.95. The number of aromatic amines is 1. The van der Waals surface area contributed by atoms with Gasteiger partial charge in [0.1, 0.15) is 11.5 Å². The molecule has 2 aromatic heterocycles. The summed E-state index contributed by atoms with van der Waals surface area (Å²) >= 11 is 0. The Hall–Kier alpha value is -4.18. The molecule has 4 aromatic rings. The average molecular weight is 461 g/mol. The zero-order chi connectivity index (χ0) is 23.5. The first-order valence-electron chi connectivity index (χ1n) is 10.8. The maximum Gasteiger partial charge on any atom is 0.231 e. The van der Waals surface area contributed by atoms with Crippen molar-refractivity contribution in [1.29, 1.82) is 0 Å². The molecule has 2 N–H and O–H groups in total. The van der Waals surface area contributed by atoms with E-state index in [0.29, 0.717) is 47.4 Å². The van der Waals surface area contributed by atoms with E-state index in [1.807, 2.05) is 31.2 Å². The zero-order valence-corrected chi connectivity index (χ0v) is 18.7. The summed E-state index contributed by atoms with van der Waals surface area (Å²) < 4.78 is 22.5. The van der Waals surface area contributed by atoms with Gasteiger partial charge in [0.25, 0.3) is 0 Å². The minimum absolute atomic E-state index is 0.0640. The van der Waals surface area contributed by atoms with Crippen molar-refractivity contribution in [3.8, 4) is 51.4 Å². The van der Waals surface area contributed by atoms with E-state index in [-0.39, 0.29) is 13.4 Å². The summed E-state index contributed by atoms with van der Waals surface area (Å²) in [6, 6.07) is 13.0. The lowest BCUT2D eigenvalue weighted by Gasteiger charge is -2.19. The lowest BCUT2D eigenvalue weighted by molar-refractivity contribution is 0.174. The van der Waals surface area contributed by atoms with E-state index in [1.165, 1.54) is 0 Å². The number of benzene rings is 2. The second kappa shape index (κ2) is 9.36. The molecule has 10 heteroatoms. The Kier molecular flexibility index (Phi) is 5.96. The predicted octanol–water partition coefficient (Wildman–Crippen LogP) is 3.69. The first kappa shape index (κ1) is 21.7. The second-order valence-electron chi connectivity index (χ2n) is 7.64. The molecular weight excluding hydrogens is 438 g/mol. The van der Waals surface area contributed by atoms with Gasteiger partial charge in [0.15, 0.2) is 11.5 Å². The van der Waals surface area contributed by atoms with E-state index in [0.717, 1.165) is 28.1 Å². The molecule has 0 spiro atoms. The monoisotopic (exact) mass is 461 g/mol. The molecule has 0 radical (unpaired) electrons. The van der Waals surface area contributed by atoms with Gasteiger partial charge < -0.3 is 24.1 Å². The van der Waals surface area contributed by atoms with Crippen LogP contribution in [0.25, 0.3) is 22.5 Å². The van der Waals surface area contributed by atoms with Gasteiger partial charge in [-0.15, -0.1) is 10.2 Å². The highest BCUT2D eigenvalue weighted by atomic mass is 16.7. The first-order chi connectivity index (χ1) is 16.7. The maximum atomic E-state index is 9.50. The third kappa shape index (κ3) is 4.11. The van der Waals surface area contributed by atoms with Gasteiger partial charge in [0.2, 0.25) is 18.5 Å². The molecule has 0 saturated carbocycles. The average Bonchev–Trinajstić information content (AvgIpc) is 3.55. The molecule has 5 rings (SSSR count). The van der Waals surface area contributed by atoms with Crippen molar-refractivity contribution in [1.82, 2.24) is 25.6 Å². The van der Waals surface area contributed by atoms with E-state index in [1.54, 1.807) is 25.3 Å². The Balaban J connectivity index is 1.70. The third-order valence-electron chi connectivity index (χ3n) is 5.56. The normalized spacial score (nSPS) is 12.1. The number of aromatic nitrogens is 5. The van der Waals surface area contributed by atoms with Crippen LogP contribution in [0.15, 0.2) is 42.5 Å². The number of pyridine rings is 1. The third-order valence-corrected chi connectivity index (χ3v) is 5.56. The Morgan fingerprint density at radius 1 is 1.03 bits per heavy atom. The van der Waals surface area contributed by atoms with Crippen LogP contribution in [0.5, 0.6) is 28.9 Å². The number of hydrogen-bond acceptors (Lipinski definition) is 9. The highest BCUT2D eigenvalue weighted by Crippen LogP contribution is 2.43. The quantitative estimate of drug-likeness (QED) is 0.404. The lowest BCUT2D eigenvalue weighted by Crippen LogP contribution is -2.05. The molecule has 10 nitrogen and oxygen atoms in total. The molecule has 0 saturated heterocycles. The van der Waals surface area contributed by atoms with Crippen LogP contribution in [-0.2, 0) is 6.42 Å². The van der Waals surface area contributed by atoms with Crippen molar-refractivity contribution in [3.63, 3.8) is 0 Å². The topological polar surface area (TPSA) is 125 Å². The second-order valence-corrected chi connectivity index (χ2v) is 7.64. The number of nitrogens with zero attached hydrogens (tertiary/aromatic N) is 4. The van der Waals surface area contributed by atoms with Crippen molar-refractivity contribution in [2.45, 2.75) is 19.8 Å². The number of ether oxygens (including phenoxy) is 4. The van der Waals surface area contributed by atoms with E-state index >= 15 is 0 Å². The van der Waals surface area contributed by atoms with Gasteiger partial charge in [-0.2, -0.15) is 5.21 Å². The van der Waals surface area contributed by atoms with Gasteiger partial charge >= 0.3 is 0 Å². The summed E-state index contributed by atoms with van der Waals surface area (Å²) in [7, 11) is 1.63. The van der Waals surface area contributed by atoms with Crippen LogP contribution in [0.2, 0.25) is 0 Å². The Labute approximate surface area is 195 Å². The number of aliphatic hydroxyl groups excluding tert-OH is 1. The molecule has 34 heavy (non-hydrogen) atoms. The van der Waals surface area contributed by atoms with Crippen LogP contribution in [0.4, 0.5) is 0 Å². The fourth-order valence-electron chi connectivity index (χ4n) is 3.95. The molecule has 0 unspecified atom stereocenters. The maximum absolute atomic E-state index is 9.50. The number of rotatable bonds is 8. The van der Waals surface area contributed by atoms with Crippen LogP contribution in [0.1, 0.15) is 17.7 Å². The van der Waals surface area contributed by atoms with Crippen molar-refractivity contribution in [2.24, 2.45) is 0 Å². The summed E-state index contributed by atoms with van der Waals surface area (Å²) in [5.41, 5.74) is 4.12.